The van der Waals surface area contributed by atoms with Gasteiger partial charge in [-0.2, -0.15) is 0 Å². The van der Waals surface area contributed by atoms with Crippen LogP contribution in [0.5, 0.6) is 5.75 Å². The first-order chi connectivity index (χ1) is 9.70. The maximum atomic E-state index is 13.2. The first kappa shape index (κ1) is 14.0. The van der Waals surface area contributed by atoms with Crippen molar-refractivity contribution in [3.05, 3.63) is 59.7 Å². The lowest BCUT2D eigenvalue weighted by Gasteiger charge is -2.09. The van der Waals surface area contributed by atoms with Gasteiger partial charge in [-0.25, -0.2) is 4.39 Å². The molecule has 104 valence electrons. The normalized spacial score (nSPS) is 10.1. The second kappa shape index (κ2) is 6.65. The zero-order chi connectivity index (χ0) is 14.4. The van der Waals surface area contributed by atoms with Crippen LogP contribution in [0.4, 0.5) is 4.39 Å². The molecule has 5 heteroatoms. The van der Waals surface area contributed by atoms with Crippen LogP contribution in [0, 0.1) is 5.82 Å². The summed E-state index contributed by atoms with van der Waals surface area (Å²) in [5.41, 5.74) is 1.27. The van der Waals surface area contributed by atoms with Gasteiger partial charge < -0.3 is 10.1 Å². The van der Waals surface area contributed by atoms with Gasteiger partial charge in [0.05, 0.1) is 7.11 Å². The SMILES string of the molecule is COc1ccc(F)cc1CCNC(=O)c1ccncc1. The van der Waals surface area contributed by atoms with Crippen LogP contribution >= 0.6 is 0 Å². The number of carbonyl (C=O) groups is 1. The summed E-state index contributed by atoms with van der Waals surface area (Å²) in [5.74, 6) is 0.119. The largest absolute Gasteiger partial charge is 0.496 e. The van der Waals surface area contributed by atoms with E-state index in [-0.39, 0.29) is 11.7 Å². The number of methoxy groups -OCH3 is 1. The Morgan fingerprint density at radius 3 is 2.75 bits per heavy atom. The average molecular weight is 274 g/mol. The summed E-state index contributed by atoms with van der Waals surface area (Å²) in [6.45, 7) is 0.404. The summed E-state index contributed by atoms with van der Waals surface area (Å²) in [6, 6.07) is 7.61. The van der Waals surface area contributed by atoms with Crippen LogP contribution in [0.3, 0.4) is 0 Å². The molecule has 0 saturated heterocycles. The summed E-state index contributed by atoms with van der Waals surface area (Å²) in [7, 11) is 1.53. The second-order valence-corrected chi connectivity index (χ2v) is 4.20. The molecule has 1 heterocycles. The molecule has 0 aliphatic carbocycles. The minimum atomic E-state index is -0.318. The Labute approximate surface area is 116 Å². The van der Waals surface area contributed by atoms with Gasteiger partial charge in [0.1, 0.15) is 11.6 Å². The standard InChI is InChI=1S/C15H15FN2O2/c1-20-14-3-2-13(16)10-12(14)6-9-18-15(19)11-4-7-17-8-5-11/h2-5,7-8,10H,6,9H2,1H3,(H,18,19). The minimum absolute atomic E-state index is 0.178. The van der Waals surface area contributed by atoms with Crippen molar-refractivity contribution in [3.8, 4) is 5.75 Å². The molecule has 1 N–H and O–H groups in total. The number of nitrogens with one attached hydrogen (secondary N) is 1. The van der Waals surface area contributed by atoms with Gasteiger partial charge in [0.2, 0.25) is 0 Å². The van der Waals surface area contributed by atoms with Crippen LogP contribution in [-0.2, 0) is 6.42 Å². The fourth-order valence-electron chi connectivity index (χ4n) is 1.86. The Morgan fingerprint density at radius 2 is 2.05 bits per heavy atom. The van der Waals surface area contributed by atoms with Crippen LogP contribution in [0.2, 0.25) is 0 Å². The number of benzene rings is 1. The summed E-state index contributed by atoms with van der Waals surface area (Å²) >= 11 is 0. The van der Waals surface area contributed by atoms with Gasteiger partial charge in [0, 0.05) is 24.5 Å². The minimum Gasteiger partial charge on any atom is -0.496 e. The molecular formula is C15H15FN2O2. The molecule has 0 aliphatic rings. The van der Waals surface area contributed by atoms with Gasteiger partial charge in [0.25, 0.3) is 5.91 Å². The Balaban J connectivity index is 1.93. The highest BCUT2D eigenvalue weighted by Gasteiger charge is 2.07. The van der Waals surface area contributed by atoms with Gasteiger partial charge in [-0.05, 0) is 42.3 Å². The van der Waals surface area contributed by atoms with Crippen molar-refractivity contribution >= 4 is 5.91 Å². The molecule has 0 aliphatic heterocycles. The fraction of sp³-hybridized carbons (Fsp3) is 0.200. The first-order valence-corrected chi connectivity index (χ1v) is 6.21. The monoisotopic (exact) mass is 274 g/mol. The third kappa shape index (κ3) is 3.54. The number of nitrogens with zero attached hydrogens (tertiary/aromatic N) is 1. The van der Waals surface area contributed by atoms with E-state index >= 15 is 0 Å². The van der Waals surface area contributed by atoms with Crippen molar-refractivity contribution in [2.75, 3.05) is 13.7 Å². The maximum Gasteiger partial charge on any atom is 0.251 e. The van der Waals surface area contributed by atoms with Gasteiger partial charge in [-0.15, -0.1) is 0 Å². The molecule has 0 saturated carbocycles. The number of carbonyl (C=O) groups excluding carboxylic acids is 1. The maximum absolute atomic E-state index is 13.2. The third-order valence-corrected chi connectivity index (χ3v) is 2.86. The zero-order valence-corrected chi connectivity index (χ0v) is 11.1. The van der Waals surface area contributed by atoms with E-state index in [2.05, 4.69) is 10.3 Å². The number of hydrogen-bond acceptors (Lipinski definition) is 3. The van der Waals surface area contributed by atoms with Crippen molar-refractivity contribution < 1.29 is 13.9 Å². The summed E-state index contributed by atoms with van der Waals surface area (Å²) in [4.78, 5) is 15.7. The van der Waals surface area contributed by atoms with Crippen LogP contribution in [0.1, 0.15) is 15.9 Å². The van der Waals surface area contributed by atoms with Crippen LogP contribution < -0.4 is 10.1 Å². The Bertz CT molecular complexity index is 588. The predicted molar refractivity (Wildman–Crippen MR) is 73.2 cm³/mol. The van der Waals surface area contributed by atoms with E-state index in [1.807, 2.05) is 0 Å². The molecule has 20 heavy (non-hydrogen) atoms. The highest BCUT2D eigenvalue weighted by molar-refractivity contribution is 5.93. The molecule has 2 rings (SSSR count). The van der Waals surface area contributed by atoms with Gasteiger partial charge >= 0.3 is 0 Å². The number of ether oxygens (including phenoxy) is 1. The van der Waals surface area contributed by atoms with Gasteiger partial charge in [-0.3, -0.25) is 9.78 Å². The van der Waals surface area contributed by atoms with Gasteiger partial charge in [-0.1, -0.05) is 0 Å². The zero-order valence-electron chi connectivity index (χ0n) is 11.1. The van der Waals surface area contributed by atoms with Crippen molar-refractivity contribution in [2.45, 2.75) is 6.42 Å². The smallest absolute Gasteiger partial charge is 0.251 e. The van der Waals surface area contributed by atoms with Crippen LogP contribution in [0.15, 0.2) is 42.7 Å². The quantitative estimate of drug-likeness (QED) is 0.909. The number of halogens is 1. The fourth-order valence-corrected chi connectivity index (χ4v) is 1.86. The molecular weight excluding hydrogens is 259 g/mol. The molecule has 2 aromatic rings. The van der Waals surface area contributed by atoms with Crippen molar-refractivity contribution in [2.24, 2.45) is 0 Å². The summed E-state index contributed by atoms with van der Waals surface area (Å²) in [6.07, 6.45) is 3.62. The predicted octanol–water partition coefficient (Wildman–Crippen LogP) is 2.20. The molecule has 4 nitrogen and oxygen atoms in total. The number of aromatic nitrogens is 1. The van der Waals surface area contributed by atoms with E-state index < -0.39 is 0 Å². The van der Waals surface area contributed by atoms with E-state index in [0.717, 1.165) is 5.56 Å². The highest BCUT2D eigenvalue weighted by atomic mass is 19.1. The molecule has 0 spiro atoms. The molecule has 1 amide bonds. The molecule has 0 radical (unpaired) electrons. The van der Waals surface area contributed by atoms with Crippen molar-refractivity contribution in [3.63, 3.8) is 0 Å². The first-order valence-electron chi connectivity index (χ1n) is 6.21. The van der Waals surface area contributed by atoms with Crippen molar-refractivity contribution in [1.29, 1.82) is 0 Å². The van der Waals surface area contributed by atoms with E-state index in [1.54, 1.807) is 30.6 Å². The molecule has 0 fully saturated rings. The Morgan fingerprint density at radius 1 is 1.30 bits per heavy atom. The molecule has 1 aromatic heterocycles. The Kier molecular flexibility index (Phi) is 4.65. The average Bonchev–Trinajstić information content (AvgIpc) is 2.48. The summed E-state index contributed by atoms with van der Waals surface area (Å²) < 4.78 is 18.3. The highest BCUT2D eigenvalue weighted by Crippen LogP contribution is 2.19. The number of amides is 1. The van der Waals surface area contributed by atoms with Crippen molar-refractivity contribution in [1.82, 2.24) is 10.3 Å². The molecule has 0 bridgehead atoms. The summed E-state index contributed by atoms with van der Waals surface area (Å²) in [5, 5.41) is 2.77. The third-order valence-electron chi connectivity index (χ3n) is 2.86. The lowest BCUT2D eigenvalue weighted by Crippen LogP contribution is -2.25. The van der Waals surface area contributed by atoms with Gasteiger partial charge in [0.15, 0.2) is 0 Å². The molecule has 1 aromatic carbocycles. The topological polar surface area (TPSA) is 51.2 Å². The molecule has 0 unspecified atom stereocenters. The van der Waals surface area contributed by atoms with E-state index in [0.29, 0.717) is 24.3 Å². The lowest BCUT2D eigenvalue weighted by molar-refractivity contribution is 0.0954. The van der Waals surface area contributed by atoms with Crippen LogP contribution in [-0.4, -0.2) is 24.5 Å². The van der Waals surface area contributed by atoms with Crippen LogP contribution in [0.25, 0.3) is 0 Å². The number of hydrogen-bond donors (Lipinski definition) is 1. The Hall–Kier alpha value is -2.43. The second-order valence-electron chi connectivity index (χ2n) is 4.20. The van der Waals surface area contributed by atoms with E-state index in [4.69, 9.17) is 4.74 Å². The van der Waals surface area contributed by atoms with E-state index in [1.165, 1.54) is 19.2 Å². The number of rotatable bonds is 5. The molecule has 0 atom stereocenters. The number of pyridine rings is 1. The lowest BCUT2D eigenvalue weighted by atomic mass is 10.1. The van der Waals surface area contributed by atoms with E-state index in [9.17, 15) is 9.18 Å².